The SMILES string of the molecule is CC(C)OC(=O)C[C@H](NC(=O)[C@H]1C[C@H]1[N+](=O)[O-])c1ccccc1. The molecule has 0 spiro atoms. The zero-order valence-electron chi connectivity index (χ0n) is 13.1. The molecule has 23 heavy (non-hydrogen) atoms. The van der Waals surface area contributed by atoms with E-state index in [1.165, 1.54) is 0 Å². The van der Waals surface area contributed by atoms with E-state index in [1.807, 2.05) is 6.07 Å². The first-order valence-electron chi connectivity index (χ1n) is 7.56. The van der Waals surface area contributed by atoms with Gasteiger partial charge in [0.05, 0.1) is 18.6 Å². The first-order valence-corrected chi connectivity index (χ1v) is 7.56. The number of nitro groups is 1. The largest absolute Gasteiger partial charge is 0.463 e. The molecule has 0 bridgehead atoms. The van der Waals surface area contributed by atoms with Gasteiger partial charge >= 0.3 is 5.97 Å². The summed E-state index contributed by atoms with van der Waals surface area (Å²) in [6, 6.07) is 7.67. The molecule has 3 atom stereocenters. The maximum atomic E-state index is 12.1. The van der Waals surface area contributed by atoms with E-state index in [0.29, 0.717) is 0 Å². The summed E-state index contributed by atoms with van der Waals surface area (Å²) in [5.41, 5.74) is 0.764. The molecule has 124 valence electrons. The minimum Gasteiger partial charge on any atom is -0.463 e. The predicted molar refractivity (Wildman–Crippen MR) is 82.1 cm³/mol. The maximum Gasteiger partial charge on any atom is 0.308 e. The topological polar surface area (TPSA) is 98.5 Å². The van der Waals surface area contributed by atoms with Crippen molar-refractivity contribution in [2.45, 2.75) is 44.9 Å². The lowest BCUT2D eigenvalue weighted by molar-refractivity contribution is -0.497. The van der Waals surface area contributed by atoms with Crippen LogP contribution in [0, 0.1) is 16.0 Å². The monoisotopic (exact) mass is 320 g/mol. The van der Waals surface area contributed by atoms with Crippen molar-refractivity contribution in [3.8, 4) is 0 Å². The van der Waals surface area contributed by atoms with Gasteiger partial charge in [0.15, 0.2) is 0 Å². The molecule has 0 aliphatic heterocycles. The second-order valence-electron chi connectivity index (χ2n) is 5.91. The molecule has 0 aromatic heterocycles. The third-order valence-corrected chi connectivity index (χ3v) is 3.62. The molecule has 1 N–H and O–H groups in total. The summed E-state index contributed by atoms with van der Waals surface area (Å²) in [5, 5.41) is 13.4. The fraction of sp³-hybridized carbons (Fsp3) is 0.500. The van der Waals surface area contributed by atoms with E-state index in [2.05, 4.69) is 5.32 Å². The highest BCUT2D eigenvalue weighted by Gasteiger charge is 2.53. The van der Waals surface area contributed by atoms with Crippen LogP contribution in [-0.4, -0.2) is 28.9 Å². The summed E-state index contributed by atoms with van der Waals surface area (Å²) < 4.78 is 5.12. The zero-order chi connectivity index (χ0) is 17.0. The Labute approximate surface area is 134 Å². The highest BCUT2D eigenvalue weighted by Crippen LogP contribution is 2.34. The molecule has 7 nitrogen and oxygen atoms in total. The minimum absolute atomic E-state index is 0.0101. The Morgan fingerprint density at radius 2 is 2.00 bits per heavy atom. The molecule has 1 saturated carbocycles. The molecule has 1 amide bonds. The molecule has 1 aliphatic carbocycles. The lowest BCUT2D eigenvalue weighted by Gasteiger charge is -2.19. The van der Waals surface area contributed by atoms with Gasteiger partial charge in [0.1, 0.15) is 5.92 Å². The van der Waals surface area contributed by atoms with Crippen LogP contribution in [0.25, 0.3) is 0 Å². The standard InChI is InChI=1S/C16H20N2O5/c1-10(2)23-15(19)9-13(11-6-4-3-5-7-11)17-16(20)12-8-14(12)18(21)22/h3-7,10,12-14H,8-9H2,1-2H3,(H,17,20)/t12-,13-,14+/m0/s1. The van der Waals surface area contributed by atoms with E-state index in [0.717, 1.165) is 5.56 Å². The number of benzene rings is 1. The van der Waals surface area contributed by atoms with Crippen LogP contribution in [0.15, 0.2) is 30.3 Å². The molecule has 0 radical (unpaired) electrons. The molecular formula is C16H20N2O5. The van der Waals surface area contributed by atoms with Gasteiger partial charge in [-0.25, -0.2) is 0 Å². The summed E-state index contributed by atoms with van der Waals surface area (Å²) >= 11 is 0. The first-order chi connectivity index (χ1) is 10.9. The Bertz CT molecular complexity index is 587. The molecule has 0 unspecified atom stereocenters. The van der Waals surface area contributed by atoms with E-state index in [4.69, 9.17) is 4.74 Å². The van der Waals surface area contributed by atoms with Crippen LogP contribution >= 0.6 is 0 Å². The van der Waals surface area contributed by atoms with Crippen molar-refractivity contribution in [3.05, 3.63) is 46.0 Å². The summed E-state index contributed by atoms with van der Waals surface area (Å²) in [7, 11) is 0. The molecule has 0 saturated heterocycles. The van der Waals surface area contributed by atoms with Gasteiger partial charge in [-0.2, -0.15) is 0 Å². The number of amides is 1. The number of rotatable bonds is 7. The Morgan fingerprint density at radius 1 is 1.35 bits per heavy atom. The summed E-state index contributed by atoms with van der Waals surface area (Å²) in [4.78, 5) is 34.3. The van der Waals surface area contributed by atoms with Crippen LogP contribution < -0.4 is 5.32 Å². The zero-order valence-corrected chi connectivity index (χ0v) is 13.1. The number of hydrogen-bond acceptors (Lipinski definition) is 5. The van der Waals surface area contributed by atoms with E-state index in [-0.39, 0.29) is 18.9 Å². The normalized spacial score (nSPS) is 20.7. The molecule has 1 aromatic carbocycles. The molecule has 1 aliphatic rings. The van der Waals surface area contributed by atoms with Crippen molar-refractivity contribution >= 4 is 11.9 Å². The van der Waals surface area contributed by atoms with Crippen LogP contribution in [0.4, 0.5) is 0 Å². The van der Waals surface area contributed by atoms with Crippen LogP contribution in [-0.2, 0) is 14.3 Å². The van der Waals surface area contributed by atoms with Crippen molar-refractivity contribution in [3.63, 3.8) is 0 Å². The van der Waals surface area contributed by atoms with Crippen LogP contribution in [0.3, 0.4) is 0 Å². The number of esters is 1. The van der Waals surface area contributed by atoms with E-state index in [1.54, 1.807) is 38.1 Å². The summed E-state index contributed by atoms with van der Waals surface area (Å²) in [6.45, 7) is 3.50. The summed E-state index contributed by atoms with van der Waals surface area (Å²) in [5.74, 6) is -1.42. The van der Waals surface area contributed by atoms with E-state index < -0.39 is 34.8 Å². The highest BCUT2D eigenvalue weighted by molar-refractivity contribution is 5.83. The maximum absolute atomic E-state index is 12.1. The van der Waals surface area contributed by atoms with Crippen molar-refractivity contribution in [1.82, 2.24) is 5.32 Å². The van der Waals surface area contributed by atoms with Crippen LogP contribution in [0.2, 0.25) is 0 Å². The number of nitrogens with zero attached hydrogens (tertiary/aromatic N) is 1. The highest BCUT2D eigenvalue weighted by atomic mass is 16.6. The van der Waals surface area contributed by atoms with Gasteiger partial charge in [-0.1, -0.05) is 30.3 Å². The number of carbonyl (C=O) groups excluding carboxylic acids is 2. The molecule has 1 fully saturated rings. The van der Waals surface area contributed by atoms with Gasteiger partial charge in [-0.15, -0.1) is 0 Å². The number of ether oxygens (including phenoxy) is 1. The smallest absolute Gasteiger partial charge is 0.308 e. The number of carbonyl (C=O) groups is 2. The Balaban J connectivity index is 2.04. The molecule has 1 aromatic rings. The van der Waals surface area contributed by atoms with Crippen molar-refractivity contribution < 1.29 is 19.2 Å². The fourth-order valence-electron chi connectivity index (χ4n) is 2.39. The van der Waals surface area contributed by atoms with Gasteiger partial charge in [-0.3, -0.25) is 19.7 Å². The lowest BCUT2D eigenvalue weighted by Crippen LogP contribution is -2.33. The van der Waals surface area contributed by atoms with Gasteiger partial charge in [0.2, 0.25) is 11.9 Å². The van der Waals surface area contributed by atoms with Crippen LogP contribution in [0.5, 0.6) is 0 Å². The van der Waals surface area contributed by atoms with Gasteiger partial charge < -0.3 is 10.1 Å². The Hall–Kier alpha value is -2.44. The van der Waals surface area contributed by atoms with Crippen LogP contribution in [0.1, 0.15) is 38.3 Å². The van der Waals surface area contributed by atoms with Gasteiger partial charge in [-0.05, 0) is 19.4 Å². The molecule has 7 heteroatoms. The first kappa shape index (κ1) is 16.9. The second kappa shape index (κ2) is 7.21. The quantitative estimate of drug-likeness (QED) is 0.469. The predicted octanol–water partition coefficient (Wildman–Crippen LogP) is 1.85. The molecule has 0 heterocycles. The number of nitrogens with one attached hydrogen (secondary N) is 1. The molecular weight excluding hydrogens is 300 g/mol. The third-order valence-electron chi connectivity index (χ3n) is 3.62. The number of hydrogen-bond donors (Lipinski definition) is 1. The fourth-order valence-corrected chi connectivity index (χ4v) is 2.39. The van der Waals surface area contributed by atoms with Crippen molar-refractivity contribution in [1.29, 1.82) is 0 Å². The lowest BCUT2D eigenvalue weighted by atomic mass is 10.0. The van der Waals surface area contributed by atoms with Crippen molar-refractivity contribution in [2.75, 3.05) is 0 Å². The Kier molecular flexibility index (Phi) is 5.31. The van der Waals surface area contributed by atoms with E-state index in [9.17, 15) is 19.7 Å². The van der Waals surface area contributed by atoms with Gasteiger partial charge in [0.25, 0.3) is 0 Å². The Morgan fingerprint density at radius 3 is 2.52 bits per heavy atom. The van der Waals surface area contributed by atoms with Gasteiger partial charge in [0, 0.05) is 11.3 Å². The minimum atomic E-state index is -0.811. The van der Waals surface area contributed by atoms with E-state index >= 15 is 0 Å². The second-order valence-corrected chi connectivity index (χ2v) is 5.91. The average molecular weight is 320 g/mol. The van der Waals surface area contributed by atoms with Crippen molar-refractivity contribution in [2.24, 2.45) is 5.92 Å². The molecule has 2 rings (SSSR count). The average Bonchev–Trinajstić information content (AvgIpc) is 3.27. The summed E-state index contributed by atoms with van der Waals surface area (Å²) in [6.07, 6.45) is -0.00229. The third kappa shape index (κ3) is 4.77.